The number of hydrogen-bond donors (Lipinski definition) is 1. The number of hydrogen-bond acceptors (Lipinski definition) is 4. The van der Waals surface area contributed by atoms with Gasteiger partial charge < -0.3 is 14.3 Å². The van der Waals surface area contributed by atoms with Gasteiger partial charge in [-0.05, 0) is 12.1 Å². The average Bonchev–Trinajstić information content (AvgIpc) is 2.47. The van der Waals surface area contributed by atoms with Crippen LogP contribution in [0.1, 0.15) is 0 Å². The Hall–Kier alpha value is -1.85. The fourth-order valence-electron chi connectivity index (χ4n) is 1.04. The third kappa shape index (κ3) is 1.46. The van der Waals surface area contributed by atoms with Crippen molar-refractivity contribution in [2.24, 2.45) is 0 Å². The molecule has 0 unspecified atom stereocenters. The van der Waals surface area contributed by atoms with Crippen molar-refractivity contribution in [2.45, 2.75) is 6.61 Å². The summed E-state index contributed by atoms with van der Waals surface area (Å²) in [5.74, 6) is -0.167. The number of aromatic hydroxyl groups is 1. The summed E-state index contributed by atoms with van der Waals surface area (Å²) < 4.78 is 32.2. The first-order chi connectivity index (χ1) is 6.66. The minimum Gasteiger partial charge on any atom is -0.504 e. The molecule has 0 bridgehead atoms. The number of fused-ring (bicyclic) bond motifs is 1. The zero-order valence-electron chi connectivity index (χ0n) is 6.78. The second-order valence-electron chi connectivity index (χ2n) is 2.48. The Balaban J connectivity index is 2.46. The molecular weight excluding hydrogens is 196 g/mol. The maximum Gasteiger partial charge on any atom is 0.399 e. The van der Waals surface area contributed by atoms with Gasteiger partial charge in [0, 0.05) is 0 Å². The van der Waals surface area contributed by atoms with Crippen LogP contribution in [0.4, 0.5) is 8.78 Å². The van der Waals surface area contributed by atoms with Gasteiger partial charge in [-0.1, -0.05) is 6.07 Å². The number of phenols is 1. The highest BCUT2D eigenvalue weighted by Gasteiger charge is 2.13. The Morgan fingerprint density at radius 3 is 2.86 bits per heavy atom. The molecule has 0 saturated carbocycles. The number of ether oxygens (including phenoxy) is 1. The first kappa shape index (κ1) is 8.74. The molecule has 0 atom stereocenters. The molecule has 0 radical (unpaired) electrons. The minimum atomic E-state index is -3.00. The van der Waals surface area contributed by atoms with E-state index in [4.69, 9.17) is 4.42 Å². The van der Waals surface area contributed by atoms with Crippen LogP contribution in [0.25, 0.3) is 11.1 Å². The molecule has 2 aromatic rings. The van der Waals surface area contributed by atoms with Crippen LogP contribution in [-0.2, 0) is 0 Å². The van der Waals surface area contributed by atoms with E-state index in [0.29, 0.717) is 0 Å². The number of oxazole rings is 1. The van der Waals surface area contributed by atoms with Crippen LogP contribution in [0.2, 0.25) is 0 Å². The van der Waals surface area contributed by atoms with Crippen molar-refractivity contribution in [3.8, 4) is 11.8 Å². The summed E-state index contributed by atoms with van der Waals surface area (Å²) in [4.78, 5) is 3.58. The number of alkyl halides is 2. The summed E-state index contributed by atoms with van der Waals surface area (Å²) in [5.41, 5.74) is 0.295. The molecule has 0 spiro atoms. The van der Waals surface area contributed by atoms with E-state index < -0.39 is 12.7 Å². The number of halogens is 2. The topological polar surface area (TPSA) is 55.5 Å². The summed E-state index contributed by atoms with van der Waals surface area (Å²) in [7, 11) is 0. The van der Waals surface area contributed by atoms with Gasteiger partial charge in [0.15, 0.2) is 11.3 Å². The van der Waals surface area contributed by atoms with Crippen LogP contribution < -0.4 is 4.74 Å². The number of rotatable bonds is 2. The van der Waals surface area contributed by atoms with Gasteiger partial charge in [-0.2, -0.15) is 13.8 Å². The molecule has 0 aliphatic heterocycles. The smallest absolute Gasteiger partial charge is 0.399 e. The summed E-state index contributed by atoms with van der Waals surface area (Å²) in [6.07, 6.45) is -0.559. The van der Waals surface area contributed by atoms with Crippen molar-refractivity contribution in [1.82, 2.24) is 4.98 Å². The third-order valence-corrected chi connectivity index (χ3v) is 1.56. The van der Waals surface area contributed by atoms with Gasteiger partial charge in [0.05, 0.1) is 0 Å². The lowest BCUT2D eigenvalue weighted by molar-refractivity contribution is -0.0664. The van der Waals surface area contributed by atoms with Crippen LogP contribution in [0, 0.1) is 0 Å². The quantitative estimate of drug-likeness (QED) is 0.808. The number of para-hydroxylation sites is 1. The van der Waals surface area contributed by atoms with Gasteiger partial charge in [0.25, 0.3) is 0 Å². The predicted octanol–water partition coefficient (Wildman–Crippen LogP) is 2.13. The fourth-order valence-corrected chi connectivity index (χ4v) is 1.04. The second kappa shape index (κ2) is 3.13. The van der Waals surface area contributed by atoms with E-state index >= 15 is 0 Å². The van der Waals surface area contributed by atoms with Crippen molar-refractivity contribution in [2.75, 3.05) is 0 Å². The van der Waals surface area contributed by atoms with Crippen LogP contribution in [-0.4, -0.2) is 16.7 Å². The molecule has 74 valence electrons. The Kier molecular flexibility index (Phi) is 1.95. The highest BCUT2D eigenvalue weighted by molar-refractivity contribution is 5.79. The molecule has 6 heteroatoms. The van der Waals surface area contributed by atoms with Crippen LogP contribution in [0.3, 0.4) is 0 Å². The lowest BCUT2D eigenvalue weighted by Crippen LogP contribution is -2.01. The maximum atomic E-state index is 11.8. The second-order valence-corrected chi connectivity index (χ2v) is 2.48. The first-order valence-corrected chi connectivity index (χ1v) is 3.70. The number of benzene rings is 1. The van der Waals surface area contributed by atoms with Gasteiger partial charge in [0.2, 0.25) is 0 Å². The van der Waals surface area contributed by atoms with Gasteiger partial charge in [-0.25, -0.2) is 0 Å². The molecule has 0 fully saturated rings. The lowest BCUT2D eigenvalue weighted by Gasteiger charge is -1.95. The van der Waals surface area contributed by atoms with Crippen molar-refractivity contribution in [3.63, 3.8) is 0 Å². The fraction of sp³-hybridized carbons (Fsp3) is 0.125. The van der Waals surface area contributed by atoms with Crippen molar-refractivity contribution in [3.05, 3.63) is 18.2 Å². The van der Waals surface area contributed by atoms with Gasteiger partial charge in [-0.15, -0.1) is 0 Å². The SMILES string of the molecule is Oc1cccc2nc(OC(F)F)oc12. The molecule has 1 N–H and O–H groups in total. The molecule has 14 heavy (non-hydrogen) atoms. The molecule has 1 aromatic carbocycles. The van der Waals surface area contributed by atoms with Crippen LogP contribution >= 0.6 is 0 Å². The molecule has 0 saturated heterocycles. The largest absolute Gasteiger partial charge is 0.504 e. The number of nitrogens with zero attached hydrogens (tertiary/aromatic N) is 1. The Morgan fingerprint density at radius 1 is 1.43 bits per heavy atom. The molecule has 0 aliphatic rings. The van der Waals surface area contributed by atoms with Crippen molar-refractivity contribution >= 4 is 11.1 Å². The summed E-state index contributed by atoms with van der Waals surface area (Å²) in [6, 6.07) is 4.39. The molecule has 1 aromatic heterocycles. The van der Waals surface area contributed by atoms with E-state index in [1.807, 2.05) is 0 Å². The van der Waals surface area contributed by atoms with Crippen molar-refractivity contribution in [1.29, 1.82) is 0 Å². The van der Waals surface area contributed by atoms with E-state index in [1.54, 1.807) is 0 Å². The van der Waals surface area contributed by atoms with Gasteiger partial charge in [-0.3, -0.25) is 0 Å². The highest BCUT2D eigenvalue weighted by Crippen LogP contribution is 2.28. The first-order valence-electron chi connectivity index (χ1n) is 3.70. The lowest BCUT2D eigenvalue weighted by atomic mass is 10.3. The Bertz CT molecular complexity index is 455. The zero-order chi connectivity index (χ0) is 10.1. The number of phenolic OH excluding ortho intramolecular Hbond substituents is 1. The molecule has 1 heterocycles. The number of aromatic nitrogens is 1. The Labute approximate surface area is 76.7 Å². The van der Waals surface area contributed by atoms with Gasteiger partial charge in [0.1, 0.15) is 5.52 Å². The summed E-state index contributed by atoms with van der Waals surface area (Å²) in [6.45, 7) is -3.00. The molecule has 2 rings (SSSR count). The van der Waals surface area contributed by atoms with Crippen LogP contribution in [0.5, 0.6) is 11.8 Å². The van der Waals surface area contributed by atoms with Crippen molar-refractivity contribution < 1.29 is 23.0 Å². The van der Waals surface area contributed by atoms with Gasteiger partial charge >= 0.3 is 12.7 Å². The van der Waals surface area contributed by atoms with E-state index in [1.165, 1.54) is 18.2 Å². The van der Waals surface area contributed by atoms with E-state index in [-0.39, 0.29) is 16.8 Å². The standard InChI is InChI=1S/C8H5F2NO3/c9-7(10)14-8-11-4-2-1-3-5(12)6(4)13-8/h1-3,7,12H. The summed E-state index contributed by atoms with van der Waals surface area (Å²) >= 11 is 0. The summed E-state index contributed by atoms with van der Waals surface area (Å²) in [5, 5.41) is 9.24. The Morgan fingerprint density at radius 2 is 2.21 bits per heavy atom. The van der Waals surface area contributed by atoms with E-state index in [2.05, 4.69) is 9.72 Å². The van der Waals surface area contributed by atoms with E-state index in [9.17, 15) is 13.9 Å². The average molecular weight is 201 g/mol. The zero-order valence-corrected chi connectivity index (χ0v) is 6.78. The van der Waals surface area contributed by atoms with E-state index in [0.717, 1.165) is 0 Å². The minimum absolute atomic E-state index is 0.0307. The predicted molar refractivity (Wildman–Crippen MR) is 42.3 cm³/mol. The molecular formula is C8H5F2NO3. The molecule has 0 amide bonds. The van der Waals surface area contributed by atoms with Crippen LogP contribution in [0.15, 0.2) is 22.6 Å². The normalized spacial score (nSPS) is 11.1. The molecule has 0 aliphatic carbocycles. The third-order valence-electron chi connectivity index (χ3n) is 1.56. The highest BCUT2D eigenvalue weighted by atomic mass is 19.3. The maximum absolute atomic E-state index is 11.8. The molecule has 4 nitrogen and oxygen atoms in total. The monoisotopic (exact) mass is 201 g/mol.